The van der Waals surface area contributed by atoms with Crippen molar-refractivity contribution < 1.29 is 19.8 Å². The Morgan fingerprint density at radius 3 is 2.57 bits per heavy atom. The normalized spacial score (nSPS) is 39.7. The highest BCUT2D eigenvalue weighted by Crippen LogP contribution is 2.53. The van der Waals surface area contributed by atoms with Crippen LogP contribution in [0.15, 0.2) is 12.2 Å². The Morgan fingerprint density at radius 1 is 1.36 bits per heavy atom. The summed E-state index contributed by atoms with van der Waals surface area (Å²) in [5.74, 6) is -2.75. The van der Waals surface area contributed by atoms with Gasteiger partial charge in [-0.2, -0.15) is 0 Å². The summed E-state index contributed by atoms with van der Waals surface area (Å²) < 4.78 is 0. The third kappa shape index (κ3) is 0.997. The molecule has 76 valence electrons. The SMILES string of the molecule is O=C(O)C1C2C=CCC1(C(=O)O)CC2. The van der Waals surface area contributed by atoms with E-state index in [9.17, 15) is 9.59 Å². The third-order valence-electron chi connectivity index (χ3n) is 3.50. The monoisotopic (exact) mass is 196 g/mol. The van der Waals surface area contributed by atoms with Crippen LogP contribution in [0.25, 0.3) is 0 Å². The Morgan fingerprint density at radius 2 is 2.07 bits per heavy atom. The van der Waals surface area contributed by atoms with Crippen molar-refractivity contribution in [3.63, 3.8) is 0 Å². The number of fused-ring (bicyclic) bond motifs is 2. The lowest BCUT2D eigenvalue weighted by molar-refractivity contribution is -0.161. The average Bonchev–Trinajstić information content (AvgIpc) is 2.35. The first kappa shape index (κ1) is 9.24. The van der Waals surface area contributed by atoms with Gasteiger partial charge in [0.1, 0.15) is 0 Å². The molecule has 14 heavy (non-hydrogen) atoms. The first-order valence-electron chi connectivity index (χ1n) is 4.71. The van der Waals surface area contributed by atoms with Crippen LogP contribution in [0.3, 0.4) is 0 Å². The first-order chi connectivity index (χ1) is 6.58. The summed E-state index contributed by atoms with van der Waals surface area (Å²) in [6.45, 7) is 0. The van der Waals surface area contributed by atoms with Crippen LogP contribution in [-0.2, 0) is 9.59 Å². The van der Waals surface area contributed by atoms with E-state index in [0.29, 0.717) is 19.3 Å². The zero-order chi connectivity index (χ0) is 10.3. The summed E-state index contributed by atoms with van der Waals surface area (Å²) in [4.78, 5) is 22.2. The Kier molecular flexibility index (Phi) is 1.87. The zero-order valence-corrected chi connectivity index (χ0v) is 7.64. The minimum Gasteiger partial charge on any atom is -0.481 e. The topological polar surface area (TPSA) is 74.6 Å². The fraction of sp³-hybridized carbons (Fsp3) is 0.600. The Labute approximate surface area is 81.2 Å². The lowest BCUT2D eigenvalue weighted by Gasteiger charge is -2.31. The van der Waals surface area contributed by atoms with Crippen molar-refractivity contribution in [3.05, 3.63) is 12.2 Å². The molecule has 2 bridgehead atoms. The molecule has 0 spiro atoms. The molecule has 2 aliphatic rings. The van der Waals surface area contributed by atoms with E-state index >= 15 is 0 Å². The van der Waals surface area contributed by atoms with Crippen LogP contribution in [0.1, 0.15) is 19.3 Å². The number of carboxylic acids is 2. The van der Waals surface area contributed by atoms with Gasteiger partial charge in [-0.05, 0) is 25.2 Å². The van der Waals surface area contributed by atoms with E-state index in [1.54, 1.807) is 0 Å². The van der Waals surface area contributed by atoms with Crippen LogP contribution in [0.2, 0.25) is 0 Å². The summed E-state index contributed by atoms with van der Waals surface area (Å²) in [5, 5.41) is 18.2. The van der Waals surface area contributed by atoms with Crippen molar-refractivity contribution in [1.29, 1.82) is 0 Å². The van der Waals surface area contributed by atoms with Crippen LogP contribution in [-0.4, -0.2) is 22.2 Å². The van der Waals surface area contributed by atoms with Crippen LogP contribution in [0.5, 0.6) is 0 Å². The molecule has 2 N–H and O–H groups in total. The molecule has 1 fully saturated rings. The maximum absolute atomic E-state index is 11.2. The van der Waals surface area contributed by atoms with Gasteiger partial charge in [-0.25, -0.2) is 0 Å². The largest absolute Gasteiger partial charge is 0.481 e. The molecule has 2 rings (SSSR count). The van der Waals surface area contributed by atoms with E-state index in [2.05, 4.69) is 0 Å². The highest BCUT2D eigenvalue weighted by atomic mass is 16.4. The number of aliphatic carboxylic acids is 2. The van der Waals surface area contributed by atoms with Gasteiger partial charge in [-0.3, -0.25) is 9.59 Å². The van der Waals surface area contributed by atoms with Gasteiger partial charge in [-0.15, -0.1) is 0 Å². The molecule has 4 nitrogen and oxygen atoms in total. The van der Waals surface area contributed by atoms with Gasteiger partial charge in [0, 0.05) is 0 Å². The molecule has 0 amide bonds. The molecule has 0 aromatic rings. The summed E-state index contributed by atoms with van der Waals surface area (Å²) in [5.41, 5.74) is -1.04. The Bertz CT molecular complexity index is 320. The summed E-state index contributed by atoms with van der Waals surface area (Å²) in [6.07, 6.45) is 5.19. The molecule has 3 atom stereocenters. The standard InChI is InChI=1S/C10H12O4/c11-8(12)7-6-2-1-4-10(7,5-3-6)9(13)14/h1-2,6-7H,3-5H2,(H,11,12)(H,13,14). The number of hydrogen-bond donors (Lipinski definition) is 2. The van der Waals surface area contributed by atoms with Crippen LogP contribution in [0.4, 0.5) is 0 Å². The lowest BCUT2D eigenvalue weighted by Crippen LogP contribution is -2.41. The van der Waals surface area contributed by atoms with Crippen LogP contribution < -0.4 is 0 Å². The maximum Gasteiger partial charge on any atom is 0.310 e. The molecule has 2 aliphatic carbocycles. The minimum absolute atomic E-state index is 0.0858. The number of allylic oxidation sites excluding steroid dienone is 2. The Balaban J connectivity index is 2.44. The number of carbonyl (C=O) groups is 2. The van der Waals surface area contributed by atoms with Crippen molar-refractivity contribution in [2.75, 3.05) is 0 Å². The van der Waals surface area contributed by atoms with E-state index in [-0.39, 0.29) is 5.92 Å². The summed E-state index contributed by atoms with van der Waals surface area (Å²) in [6, 6.07) is 0. The molecule has 0 aromatic heterocycles. The number of hydrogen-bond acceptors (Lipinski definition) is 2. The minimum atomic E-state index is -1.04. The van der Waals surface area contributed by atoms with Crippen LogP contribution in [0, 0.1) is 17.3 Å². The molecule has 0 saturated heterocycles. The van der Waals surface area contributed by atoms with E-state index in [1.165, 1.54) is 0 Å². The molecule has 0 aliphatic heterocycles. The molecule has 3 unspecified atom stereocenters. The third-order valence-corrected chi connectivity index (χ3v) is 3.50. The van der Waals surface area contributed by atoms with Crippen molar-refractivity contribution in [1.82, 2.24) is 0 Å². The fourth-order valence-corrected chi connectivity index (χ4v) is 2.79. The molecule has 1 saturated carbocycles. The number of rotatable bonds is 2. The predicted octanol–water partition coefficient (Wildman–Crippen LogP) is 1.13. The second-order valence-electron chi connectivity index (χ2n) is 4.11. The molecule has 0 heterocycles. The molecular formula is C10H12O4. The number of carboxylic acid groups (broad SMARTS) is 2. The van der Waals surface area contributed by atoms with E-state index < -0.39 is 23.3 Å². The van der Waals surface area contributed by atoms with Gasteiger partial charge in [0.15, 0.2) is 0 Å². The van der Waals surface area contributed by atoms with Crippen molar-refractivity contribution >= 4 is 11.9 Å². The molecule has 0 radical (unpaired) electrons. The second-order valence-corrected chi connectivity index (χ2v) is 4.11. The fourth-order valence-electron chi connectivity index (χ4n) is 2.79. The van der Waals surface area contributed by atoms with Crippen molar-refractivity contribution in [2.24, 2.45) is 17.3 Å². The highest BCUT2D eigenvalue weighted by Gasteiger charge is 2.57. The predicted molar refractivity (Wildman–Crippen MR) is 47.7 cm³/mol. The lowest BCUT2D eigenvalue weighted by atomic mass is 9.70. The van der Waals surface area contributed by atoms with E-state index in [1.807, 2.05) is 12.2 Å². The molecule has 4 heteroatoms. The summed E-state index contributed by atoms with van der Waals surface area (Å²) >= 11 is 0. The van der Waals surface area contributed by atoms with Gasteiger partial charge in [0.05, 0.1) is 11.3 Å². The second kappa shape index (κ2) is 2.83. The average molecular weight is 196 g/mol. The van der Waals surface area contributed by atoms with Crippen molar-refractivity contribution in [2.45, 2.75) is 19.3 Å². The summed E-state index contributed by atoms with van der Waals surface area (Å²) in [7, 11) is 0. The van der Waals surface area contributed by atoms with E-state index in [4.69, 9.17) is 10.2 Å². The Hall–Kier alpha value is -1.32. The van der Waals surface area contributed by atoms with Gasteiger partial charge in [0.2, 0.25) is 0 Å². The van der Waals surface area contributed by atoms with Gasteiger partial charge in [-0.1, -0.05) is 12.2 Å². The first-order valence-corrected chi connectivity index (χ1v) is 4.71. The molecule has 0 aromatic carbocycles. The van der Waals surface area contributed by atoms with E-state index in [0.717, 1.165) is 0 Å². The smallest absolute Gasteiger partial charge is 0.310 e. The van der Waals surface area contributed by atoms with Gasteiger partial charge in [0.25, 0.3) is 0 Å². The van der Waals surface area contributed by atoms with Gasteiger partial charge >= 0.3 is 11.9 Å². The van der Waals surface area contributed by atoms with Crippen LogP contribution >= 0.6 is 0 Å². The highest BCUT2D eigenvalue weighted by molar-refractivity contribution is 5.85. The molecular weight excluding hydrogens is 184 g/mol. The maximum atomic E-state index is 11.2. The quantitative estimate of drug-likeness (QED) is 0.649. The van der Waals surface area contributed by atoms with Gasteiger partial charge < -0.3 is 10.2 Å². The van der Waals surface area contributed by atoms with Crippen molar-refractivity contribution in [3.8, 4) is 0 Å². The zero-order valence-electron chi connectivity index (χ0n) is 7.64.